The van der Waals surface area contributed by atoms with Crippen LogP contribution in [0.3, 0.4) is 0 Å². The van der Waals surface area contributed by atoms with Crippen molar-refractivity contribution in [1.82, 2.24) is 0 Å². The van der Waals surface area contributed by atoms with Crippen LogP contribution in [0.4, 0.5) is 13.2 Å². The lowest BCUT2D eigenvalue weighted by molar-refractivity contribution is -0.202. The zero-order valence-corrected chi connectivity index (χ0v) is 7.98. The number of hydrogen-bond donors (Lipinski definition) is 1. The molecule has 0 aliphatic carbocycles. The predicted molar refractivity (Wildman–Crippen MR) is 50.0 cm³/mol. The summed E-state index contributed by atoms with van der Waals surface area (Å²) in [7, 11) is 0. The van der Waals surface area contributed by atoms with E-state index in [-0.39, 0.29) is 0 Å². The number of rotatable bonds is 3. The van der Waals surface area contributed by atoms with E-state index < -0.39 is 18.7 Å². The van der Waals surface area contributed by atoms with Gasteiger partial charge in [-0.05, 0) is 17.5 Å². The van der Waals surface area contributed by atoms with E-state index in [2.05, 4.69) is 0 Å². The van der Waals surface area contributed by atoms with Crippen molar-refractivity contribution in [2.24, 2.45) is 0 Å². The van der Waals surface area contributed by atoms with Gasteiger partial charge in [0.25, 0.3) is 0 Å². The van der Waals surface area contributed by atoms with Crippen molar-refractivity contribution in [3.63, 3.8) is 0 Å². The molecule has 0 bridgehead atoms. The second kappa shape index (κ2) is 4.61. The largest absolute Gasteiger partial charge is 0.414 e. The minimum absolute atomic E-state index is 0.401. The molecule has 1 N–H and O–H groups in total. The normalized spacial score (nSPS) is 14.9. The summed E-state index contributed by atoms with van der Waals surface area (Å²) in [6, 6.07) is 3.60. The molecule has 5 heteroatoms. The average molecular weight is 222 g/mol. The van der Waals surface area contributed by atoms with Gasteiger partial charge in [-0.2, -0.15) is 13.2 Å². The highest BCUT2D eigenvalue weighted by Gasteiger charge is 2.36. The van der Waals surface area contributed by atoms with Crippen LogP contribution in [-0.4, -0.2) is 17.4 Å². The maximum Gasteiger partial charge on any atom is 0.414 e. The first-order valence-corrected chi connectivity index (χ1v) is 4.83. The molecule has 1 aromatic heterocycles. The van der Waals surface area contributed by atoms with Gasteiger partial charge in [-0.25, -0.2) is 0 Å². The third-order valence-electron chi connectivity index (χ3n) is 1.56. The molecule has 0 radical (unpaired) electrons. The smallest absolute Gasteiger partial charge is 0.383 e. The van der Waals surface area contributed by atoms with Gasteiger partial charge in [0, 0.05) is 11.3 Å². The van der Waals surface area contributed by atoms with E-state index in [0.717, 1.165) is 4.88 Å². The van der Waals surface area contributed by atoms with E-state index in [1.165, 1.54) is 17.4 Å². The monoisotopic (exact) mass is 222 g/mol. The zero-order chi connectivity index (χ0) is 10.6. The van der Waals surface area contributed by atoms with Crippen LogP contribution in [0, 0.1) is 0 Å². The van der Waals surface area contributed by atoms with E-state index in [4.69, 9.17) is 5.11 Å². The molecule has 0 aromatic carbocycles. The summed E-state index contributed by atoms with van der Waals surface area (Å²) in [5, 5.41) is 10.5. The minimum Gasteiger partial charge on any atom is -0.383 e. The maximum atomic E-state index is 11.8. The summed E-state index contributed by atoms with van der Waals surface area (Å²) in [5.41, 5.74) is 0. The third-order valence-corrected chi connectivity index (χ3v) is 2.40. The Kier molecular flexibility index (Phi) is 3.71. The fourth-order valence-electron chi connectivity index (χ4n) is 0.833. The molecule has 0 fully saturated rings. The highest BCUT2D eigenvalue weighted by atomic mass is 32.1. The van der Waals surface area contributed by atoms with E-state index >= 15 is 0 Å². The quantitative estimate of drug-likeness (QED) is 0.833. The number of halogens is 3. The molecule has 1 atom stereocenters. The lowest BCUT2D eigenvalue weighted by Gasteiger charge is -2.11. The first kappa shape index (κ1) is 11.3. The van der Waals surface area contributed by atoms with Crippen LogP contribution in [0.2, 0.25) is 0 Å². The standard InChI is InChI=1S/C9H9F3OS/c10-9(11,12)8(13)5-1-3-7-4-2-6-14-7/h1-4,6,8,13H,5H2/b3-1+. The van der Waals surface area contributed by atoms with Crippen molar-refractivity contribution < 1.29 is 18.3 Å². The van der Waals surface area contributed by atoms with Gasteiger partial charge in [-0.3, -0.25) is 0 Å². The van der Waals surface area contributed by atoms with Crippen molar-refractivity contribution >= 4 is 17.4 Å². The van der Waals surface area contributed by atoms with E-state index in [1.807, 2.05) is 11.4 Å². The Morgan fingerprint density at radius 3 is 2.71 bits per heavy atom. The molecule has 78 valence electrons. The molecule has 0 aliphatic heterocycles. The number of aliphatic hydroxyl groups is 1. The van der Waals surface area contributed by atoms with Crippen LogP contribution in [0.5, 0.6) is 0 Å². The number of hydrogen-bond acceptors (Lipinski definition) is 2. The molecule has 0 saturated carbocycles. The van der Waals surface area contributed by atoms with Gasteiger partial charge >= 0.3 is 6.18 Å². The van der Waals surface area contributed by atoms with E-state index in [0.29, 0.717) is 0 Å². The number of aliphatic hydroxyl groups excluding tert-OH is 1. The lowest BCUT2D eigenvalue weighted by Crippen LogP contribution is -2.27. The Hall–Kier alpha value is -0.810. The summed E-state index contributed by atoms with van der Waals surface area (Å²) in [6.07, 6.45) is -4.30. The molecule has 14 heavy (non-hydrogen) atoms. The van der Waals surface area contributed by atoms with Gasteiger partial charge in [0.05, 0.1) is 0 Å². The van der Waals surface area contributed by atoms with Crippen molar-refractivity contribution in [3.8, 4) is 0 Å². The summed E-state index contributed by atoms with van der Waals surface area (Å²) in [5.74, 6) is 0. The summed E-state index contributed by atoms with van der Waals surface area (Å²) in [4.78, 5) is 0.874. The van der Waals surface area contributed by atoms with Crippen molar-refractivity contribution in [1.29, 1.82) is 0 Å². The molecular formula is C9H9F3OS. The van der Waals surface area contributed by atoms with E-state index in [9.17, 15) is 13.2 Å². The molecule has 0 aliphatic rings. The summed E-state index contributed by atoms with van der Waals surface area (Å²) >= 11 is 1.43. The molecule has 0 spiro atoms. The fourth-order valence-corrected chi connectivity index (χ4v) is 1.48. The van der Waals surface area contributed by atoms with Crippen LogP contribution in [-0.2, 0) is 0 Å². The summed E-state index contributed by atoms with van der Waals surface area (Å²) < 4.78 is 35.5. The lowest BCUT2D eigenvalue weighted by atomic mass is 10.2. The van der Waals surface area contributed by atoms with Gasteiger partial charge < -0.3 is 5.11 Å². The number of thiophene rings is 1. The summed E-state index contributed by atoms with van der Waals surface area (Å²) in [6.45, 7) is 0. The predicted octanol–water partition coefficient (Wildman–Crippen LogP) is 3.07. The van der Waals surface area contributed by atoms with Crippen LogP contribution in [0.25, 0.3) is 6.08 Å². The van der Waals surface area contributed by atoms with Crippen LogP contribution in [0.15, 0.2) is 23.6 Å². The van der Waals surface area contributed by atoms with Crippen molar-refractivity contribution in [2.75, 3.05) is 0 Å². The second-order valence-electron chi connectivity index (χ2n) is 2.71. The SMILES string of the molecule is OC(C/C=C/c1cccs1)C(F)(F)F. The molecule has 0 amide bonds. The van der Waals surface area contributed by atoms with Crippen LogP contribution in [0.1, 0.15) is 11.3 Å². The Balaban J connectivity index is 2.41. The third kappa shape index (κ3) is 3.51. The molecule has 1 rings (SSSR count). The van der Waals surface area contributed by atoms with Crippen molar-refractivity contribution in [3.05, 3.63) is 28.5 Å². The minimum atomic E-state index is -4.53. The first-order chi connectivity index (χ1) is 6.50. The van der Waals surface area contributed by atoms with E-state index in [1.54, 1.807) is 12.1 Å². The van der Waals surface area contributed by atoms with Gasteiger partial charge in [0.15, 0.2) is 6.10 Å². The first-order valence-electron chi connectivity index (χ1n) is 3.95. The van der Waals surface area contributed by atoms with Gasteiger partial charge in [0.2, 0.25) is 0 Å². The van der Waals surface area contributed by atoms with Crippen molar-refractivity contribution in [2.45, 2.75) is 18.7 Å². The molecule has 1 heterocycles. The highest BCUT2D eigenvalue weighted by molar-refractivity contribution is 7.10. The van der Waals surface area contributed by atoms with Gasteiger partial charge in [0.1, 0.15) is 0 Å². The van der Waals surface area contributed by atoms with Gasteiger partial charge in [-0.15, -0.1) is 11.3 Å². The molecular weight excluding hydrogens is 213 g/mol. The molecule has 1 nitrogen and oxygen atoms in total. The maximum absolute atomic E-state index is 11.8. The van der Waals surface area contributed by atoms with Gasteiger partial charge in [-0.1, -0.05) is 12.1 Å². The topological polar surface area (TPSA) is 20.2 Å². The Labute approximate surface area is 83.5 Å². The van der Waals surface area contributed by atoms with Crippen LogP contribution >= 0.6 is 11.3 Å². The second-order valence-corrected chi connectivity index (χ2v) is 3.69. The number of alkyl halides is 3. The molecule has 1 unspecified atom stereocenters. The molecule has 0 saturated heterocycles. The average Bonchev–Trinajstić information content (AvgIpc) is 2.55. The van der Waals surface area contributed by atoms with Crippen LogP contribution < -0.4 is 0 Å². The molecule has 1 aromatic rings. The zero-order valence-electron chi connectivity index (χ0n) is 7.16. The Morgan fingerprint density at radius 2 is 2.21 bits per heavy atom. The Bertz CT molecular complexity index is 290. The highest BCUT2D eigenvalue weighted by Crippen LogP contribution is 2.23. The fraction of sp³-hybridized carbons (Fsp3) is 0.333. The Morgan fingerprint density at radius 1 is 1.50 bits per heavy atom.